The van der Waals surface area contributed by atoms with Crippen molar-refractivity contribution in [3.8, 4) is 0 Å². The van der Waals surface area contributed by atoms with Gasteiger partial charge in [0.05, 0.1) is 12.2 Å². The van der Waals surface area contributed by atoms with E-state index in [1.54, 1.807) is 0 Å². The molecule has 3 heteroatoms. The zero-order valence-electron chi connectivity index (χ0n) is 11.0. The summed E-state index contributed by atoms with van der Waals surface area (Å²) < 4.78 is 5.24. The molecule has 1 saturated carbocycles. The zero-order valence-corrected chi connectivity index (χ0v) is 11.0. The molecule has 0 unspecified atom stereocenters. The van der Waals surface area contributed by atoms with Crippen LogP contribution in [0.25, 0.3) is 0 Å². The molecule has 0 aliphatic heterocycles. The first kappa shape index (κ1) is 13.9. The highest BCUT2D eigenvalue weighted by atomic mass is 16.5. The number of nitrogens with one attached hydrogen (secondary N) is 1. The molecule has 96 valence electrons. The number of aliphatic hydroxyl groups is 1. The highest BCUT2D eigenvalue weighted by Crippen LogP contribution is 2.39. The molecule has 3 nitrogen and oxygen atoms in total. The van der Waals surface area contributed by atoms with E-state index in [9.17, 15) is 5.11 Å². The normalized spacial score (nSPS) is 23.2. The van der Waals surface area contributed by atoms with Crippen molar-refractivity contribution < 1.29 is 9.84 Å². The van der Waals surface area contributed by atoms with Crippen LogP contribution in [0, 0.1) is 5.41 Å². The van der Waals surface area contributed by atoms with Crippen molar-refractivity contribution in [2.24, 2.45) is 5.41 Å². The van der Waals surface area contributed by atoms with Gasteiger partial charge in [-0.05, 0) is 38.0 Å². The lowest BCUT2D eigenvalue weighted by molar-refractivity contribution is -0.0251. The van der Waals surface area contributed by atoms with Gasteiger partial charge in [0.1, 0.15) is 0 Å². The Kier molecular flexibility index (Phi) is 5.22. The maximum Gasteiger partial charge on any atom is 0.0772 e. The highest BCUT2D eigenvalue weighted by molar-refractivity contribution is 4.90. The fourth-order valence-corrected chi connectivity index (χ4v) is 2.18. The smallest absolute Gasteiger partial charge is 0.0772 e. The molecule has 0 atom stereocenters. The van der Waals surface area contributed by atoms with Gasteiger partial charge < -0.3 is 15.2 Å². The second-order valence-corrected chi connectivity index (χ2v) is 5.76. The summed E-state index contributed by atoms with van der Waals surface area (Å²) in [6.07, 6.45) is 4.08. The quantitative estimate of drug-likeness (QED) is 0.684. The predicted octanol–water partition coefficient (Wildman–Crippen LogP) is 1.94. The van der Waals surface area contributed by atoms with E-state index in [0.717, 1.165) is 45.4 Å². The summed E-state index contributed by atoms with van der Waals surface area (Å²) >= 11 is 0. The zero-order chi connectivity index (χ0) is 12.1. The van der Waals surface area contributed by atoms with Gasteiger partial charge in [0, 0.05) is 19.7 Å². The van der Waals surface area contributed by atoms with Gasteiger partial charge in [0.25, 0.3) is 0 Å². The van der Waals surface area contributed by atoms with Gasteiger partial charge in [-0.1, -0.05) is 13.8 Å². The van der Waals surface area contributed by atoms with Crippen molar-refractivity contribution >= 4 is 0 Å². The maximum atomic E-state index is 10.4. The van der Waals surface area contributed by atoms with Crippen LogP contribution in [0.5, 0.6) is 0 Å². The molecular formula is C13H27NO2. The van der Waals surface area contributed by atoms with Crippen molar-refractivity contribution in [1.29, 1.82) is 0 Å². The second-order valence-electron chi connectivity index (χ2n) is 5.76. The second kappa shape index (κ2) is 5.99. The number of ether oxygens (including phenoxy) is 1. The van der Waals surface area contributed by atoms with Crippen LogP contribution in [0.4, 0.5) is 0 Å². The minimum Gasteiger partial charge on any atom is -0.389 e. The lowest BCUT2D eigenvalue weighted by Crippen LogP contribution is -2.45. The van der Waals surface area contributed by atoms with E-state index < -0.39 is 5.60 Å². The van der Waals surface area contributed by atoms with E-state index in [1.807, 2.05) is 6.92 Å². The molecule has 0 aromatic carbocycles. The lowest BCUT2D eigenvalue weighted by Gasteiger charge is -2.40. The summed E-state index contributed by atoms with van der Waals surface area (Å²) in [5.41, 5.74) is -0.0702. The van der Waals surface area contributed by atoms with Crippen molar-refractivity contribution in [2.75, 3.05) is 26.3 Å². The van der Waals surface area contributed by atoms with Crippen molar-refractivity contribution in [1.82, 2.24) is 5.32 Å². The van der Waals surface area contributed by atoms with Crippen LogP contribution in [0.15, 0.2) is 0 Å². The van der Waals surface area contributed by atoms with Crippen LogP contribution in [0.2, 0.25) is 0 Å². The average molecular weight is 229 g/mol. The first-order chi connectivity index (χ1) is 7.47. The summed E-state index contributed by atoms with van der Waals surface area (Å²) in [6, 6.07) is 0. The Hall–Kier alpha value is -0.120. The summed E-state index contributed by atoms with van der Waals surface area (Å²) in [6.45, 7) is 9.61. The molecule has 0 amide bonds. The molecule has 1 fully saturated rings. The third kappa shape index (κ3) is 4.81. The molecule has 0 saturated heterocycles. The molecule has 1 aliphatic carbocycles. The SMILES string of the molecule is CCOCCNCC1(O)CCC(C)(C)CC1. The molecule has 0 radical (unpaired) electrons. The molecule has 0 bridgehead atoms. The van der Waals surface area contributed by atoms with Crippen LogP contribution >= 0.6 is 0 Å². The Morgan fingerprint density at radius 1 is 1.19 bits per heavy atom. The average Bonchev–Trinajstić information content (AvgIpc) is 2.23. The Balaban J connectivity index is 2.16. The van der Waals surface area contributed by atoms with Gasteiger partial charge in [-0.3, -0.25) is 0 Å². The fourth-order valence-electron chi connectivity index (χ4n) is 2.18. The van der Waals surface area contributed by atoms with Crippen LogP contribution in [-0.4, -0.2) is 37.0 Å². The van der Waals surface area contributed by atoms with Gasteiger partial charge in [-0.25, -0.2) is 0 Å². The van der Waals surface area contributed by atoms with Crippen LogP contribution in [0.3, 0.4) is 0 Å². The molecule has 0 aromatic rings. The third-order valence-electron chi connectivity index (χ3n) is 3.62. The standard InChI is InChI=1S/C13H27NO2/c1-4-16-10-9-14-11-13(15)7-5-12(2,3)6-8-13/h14-15H,4-11H2,1-3H3. The van der Waals surface area contributed by atoms with Crippen LogP contribution in [0.1, 0.15) is 46.5 Å². The van der Waals surface area contributed by atoms with E-state index in [1.165, 1.54) is 0 Å². The van der Waals surface area contributed by atoms with Crippen molar-refractivity contribution in [3.63, 3.8) is 0 Å². The van der Waals surface area contributed by atoms with Crippen LogP contribution in [-0.2, 0) is 4.74 Å². The first-order valence-electron chi connectivity index (χ1n) is 6.48. The molecule has 0 heterocycles. The van der Waals surface area contributed by atoms with E-state index in [2.05, 4.69) is 19.2 Å². The molecule has 0 aromatic heterocycles. The van der Waals surface area contributed by atoms with E-state index in [-0.39, 0.29) is 0 Å². The number of rotatable bonds is 6. The van der Waals surface area contributed by atoms with Crippen LogP contribution < -0.4 is 5.32 Å². The Bertz CT molecular complexity index is 194. The highest BCUT2D eigenvalue weighted by Gasteiger charge is 2.36. The maximum absolute atomic E-state index is 10.4. The molecule has 1 aliphatic rings. The Labute approximate surface area is 99.6 Å². The van der Waals surface area contributed by atoms with Gasteiger partial charge in [0.2, 0.25) is 0 Å². The summed E-state index contributed by atoms with van der Waals surface area (Å²) in [5, 5.41) is 13.6. The Morgan fingerprint density at radius 2 is 1.81 bits per heavy atom. The number of hydrogen-bond donors (Lipinski definition) is 2. The van der Waals surface area contributed by atoms with Crippen molar-refractivity contribution in [3.05, 3.63) is 0 Å². The molecule has 2 N–H and O–H groups in total. The fraction of sp³-hybridized carbons (Fsp3) is 1.00. The monoisotopic (exact) mass is 229 g/mol. The van der Waals surface area contributed by atoms with E-state index in [4.69, 9.17) is 4.74 Å². The van der Waals surface area contributed by atoms with E-state index in [0.29, 0.717) is 12.0 Å². The van der Waals surface area contributed by atoms with Gasteiger partial charge in [0.15, 0.2) is 0 Å². The van der Waals surface area contributed by atoms with Gasteiger partial charge >= 0.3 is 0 Å². The molecule has 16 heavy (non-hydrogen) atoms. The predicted molar refractivity (Wildman–Crippen MR) is 66.6 cm³/mol. The largest absolute Gasteiger partial charge is 0.389 e. The topological polar surface area (TPSA) is 41.5 Å². The summed E-state index contributed by atoms with van der Waals surface area (Å²) in [5.74, 6) is 0. The van der Waals surface area contributed by atoms with Gasteiger partial charge in [-0.15, -0.1) is 0 Å². The molecular weight excluding hydrogens is 202 g/mol. The lowest BCUT2D eigenvalue weighted by atomic mass is 9.71. The van der Waals surface area contributed by atoms with E-state index >= 15 is 0 Å². The van der Waals surface area contributed by atoms with Gasteiger partial charge in [-0.2, -0.15) is 0 Å². The number of hydrogen-bond acceptors (Lipinski definition) is 3. The third-order valence-corrected chi connectivity index (χ3v) is 3.62. The Morgan fingerprint density at radius 3 is 2.38 bits per heavy atom. The molecule has 0 spiro atoms. The minimum atomic E-state index is -0.484. The summed E-state index contributed by atoms with van der Waals surface area (Å²) in [4.78, 5) is 0. The first-order valence-corrected chi connectivity index (χ1v) is 6.48. The summed E-state index contributed by atoms with van der Waals surface area (Å²) in [7, 11) is 0. The minimum absolute atomic E-state index is 0.414. The molecule has 1 rings (SSSR count). The van der Waals surface area contributed by atoms with Crippen molar-refractivity contribution in [2.45, 2.75) is 52.1 Å².